The quantitative estimate of drug-likeness (QED) is 0.210. The number of piperidine rings is 2. The van der Waals surface area contributed by atoms with Crippen molar-refractivity contribution in [2.75, 3.05) is 61.4 Å². The highest BCUT2D eigenvalue weighted by Gasteiger charge is 2.38. The zero-order chi connectivity index (χ0) is 40.0. The molecule has 4 fully saturated rings. The molecule has 2 aromatic heterocycles. The number of halogens is 4. The predicted octanol–water partition coefficient (Wildman–Crippen LogP) is 6.74. The Morgan fingerprint density at radius 3 is 2.34 bits per heavy atom. The number of hydrogen-bond donors (Lipinski definition) is 3. The van der Waals surface area contributed by atoms with Gasteiger partial charge in [-0.1, -0.05) is 43.9 Å². The number of amides is 2. The van der Waals surface area contributed by atoms with Gasteiger partial charge in [-0.15, -0.1) is 0 Å². The fourth-order valence-corrected chi connectivity index (χ4v) is 9.01. The zero-order valence-corrected chi connectivity index (χ0v) is 33.7. The number of aryl methyl sites for hydroxylation is 1. The number of carbonyl (C=O) groups is 2. The third kappa shape index (κ3) is 10.7. The van der Waals surface area contributed by atoms with Crippen molar-refractivity contribution in [3.8, 4) is 0 Å². The number of benzene rings is 1. The first-order valence-electron chi connectivity index (χ1n) is 19.4. The van der Waals surface area contributed by atoms with Crippen LogP contribution < -0.4 is 25.2 Å². The van der Waals surface area contributed by atoms with Crippen LogP contribution in [0, 0.1) is 12.8 Å². The molecule has 304 valence electrons. The highest BCUT2D eigenvalue weighted by atomic mass is 35.5. The fraction of sp³-hybridized carbons (Fsp3) is 0.564. The second-order valence-electron chi connectivity index (χ2n) is 15.3. The van der Waals surface area contributed by atoms with Gasteiger partial charge in [0.2, 0.25) is 17.8 Å². The number of anilines is 4. The van der Waals surface area contributed by atoms with Crippen LogP contribution in [0.25, 0.3) is 0 Å². The molecular weight excluding hydrogens is 767 g/mol. The van der Waals surface area contributed by atoms with Crippen LogP contribution in [0.3, 0.4) is 0 Å². The molecule has 1 aliphatic carbocycles. The van der Waals surface area contributed by atoms with Gasteiger partial charge >= 0.3 is 6.18 Å². The molecule has 3 aliphatic heterocycles. The van der Waals surface area contributed by atoms with Gasteiger partial charge in [0, 0.05) is 68.6 Å². The molecule has 17 heteroatoms. The van der Waals surface area contributed by atoms with Crippen molar-refractivity contribution in [2.24, 2.45) is 5.92 Å². The van der Waals surface area contributed by atoms with Crippen LogP contribution in [-0.4, -0.2) is 88.2 Å². The molecule has 0 spiro atoms. The van der Waals surface area contributed by atoms with Crippen molar-refractivity contribution in [3.05, 3.63) is 58.4 Å². The number of carbonyl (C=O) groups excluding carboxylic acids is 2. The summed E-state index contributed by atoms with van der Waals surface area (Å²) in [5.74, 6) is -0.510. The van der Waals surface area contributed by atoms with Gasteiger partial charge in [-0.2, -0.15) is 18.2 Å². The summed E-state index contributed by atoms with van der Waals surface area (Å²) in [5, 5.41) is 6.40. The zero-order valence-electron chi connectivity index (χ0n) is 32.1. The molecule has 1 aromatic carbocycles. The van der Waals surface area contributed by atoms with Gasteiger partial charge in [-0.05, 0) is 81.8 Å². The Hall–Kier alpha value is -3.86. The van der Waals surface area contributed by atoms with E-state index in [1.807, 2.05) is 25.1 Å². The average molecular weight is 818 g/mol. The van der Waals surface area contributed by atoms with Gasteiger partial charge < -0.3 is 20.0 Å². The molecule has 3 aromatic rings. The molecule has 0 bridgehead atoms. The van der Waals surface area contributed by atoms with Gasteiger partial charge in [0.05, 0.1) is 17.3 Å². The molecule has 3 N–H and O–H groups in total. The Morgan fingerprint density at radius 1 is 0.929 bits per heavy atom. The monoisotopic (exact) mass is 817 g/mol. The Kier molecular flexibility index (Phi) is 13.9. The second kappa shape index (κ2) is 18.6. The maximum atomic E-state index is 13.6. The number of likely N-dealkylation sites (N-methyl/N-ethyl adjacent to an activating group) is 1. The number of piperazine rings is 1. The summed E-state index contributed by atoms with van der Waals surface area (Å²) in [5.41, 5.74) is 2.18. The summed E-state index contributed by atoms with van der Waals surface area (Å²) in [4.78, 5) is 42.1. The molecule has 3 atom stereocenters. The fourth-order valence-electron chi connectivity index (χ4n) is 7.63. The van der Waals surface area contributed by atoms with E-state index in [2.05, 4.69) is 47.2 Å². The summed E-state index contributed by atoms with van der Waals surface area (Å²) in [6, 6.07) is 9.48. The Bertz CT molecular complexity index is 1890. The summed E-state index contributed by atoms with van der Waals surface area (Å²) in [6.07, 6.45) is 4.50. The van der Waals surface area contributed by atoms with E-state index >= 15 is 0 Å². The molecule has 56 heavy (non-hydrogen) atoms. The lowest BCUT2D eigenvalue weighted by Gasteiger charge is -2.34. The number of pyridine rings is 1. The third-order valence-electron chi connectivity index (χ3n) is 10.9. The van der Waals surface area contributed by atoms with Gasteiger partial charge in [0.15, 0.2) is 0 Å². The maximum Gasteiger partial charge on any atom is 0.421 e. The molecule has 5 heterocycles. The van der Waals surface area contributed by atoms with Crippen molar-refractivity contribution >= 4 is 57.5 Å². The van der Waals surface area contributed by atoms with Crippen LogP contribution in [-0.2, 0) is 26.8 Å². The second-order valence-corrected chi connectivity index (χ2v) is 16.8. The van der Waals surface area contributed by atoms with E-state index < -0.39 is 22.7 Å². The lowest BCUT2D eigenvalue weighted by atomic mass is 9.90. The first-order valence-corrected chi connectivity index (χ1v) is 21.0. The van der Waals surface area contributed by atoms with Gasteiger partial charge in [0.25, 0.3) is 0 Å². The molecule has 3 saturated heterocycles. The van der Waals surface area contributed by atoms with Crippen molar-refractivity contribution in [1.29, 1.82) is 0 Å². The number of alkyl halides is 3. The lowest BCUT2D eigenvalue weighted by molar-refractivity contribution is -0.138. The summed E-state index contributed by atoms with van der Waals surface area (Å²) >= 11 is 6.41. The third-order valence-corrected chi connectivity index (χ3v) is 12.4. The number of imide groups is 1. The summed E-state index contributed by atoms with van der Waals surface area (Å²) < 4.78 is 56.8. The molecule has 7 rings (SSSR count). The highest BCUT2D eigenvalue weighted by molar-refractivity contribution is 7.83. The molecular formula is C39H51ClF3N9O3S. The van der Waals surface area contributed by atoms with E-state index in [9.17, 15) is 27.0 Å². The molecule has 0 radical (unpaired) electrons. The predicted molar refractivity (Wildman–Crippen MR) is 213 cm³/mol. The van der Waals surface area contributed by atoms with Gasteiger partial charge in [-0.25, -0.2) is 18.9 Å². The number of hydrogen-bond acceptors (Lipinski definition) is 10. The van der Waals surface area contributed by atoms with E-state index in [-0.39, 0.29) is 35.5 Å². The number of rotatable bonds is 8. The van der Waals surface area contributed by atoms with E-state index in [0.717, 1.165) is 82.2 Å². The average Bonchev–Trinajstić information content (AvgIpc) is 3.16. The van der Waals surface area contributed by atoms with Crippen molar-refractivity contribution in [1.82, 2.24) is 29.9 Å². The van der Waals surface area contributed by atoms with E-state index in [1.165, 1.54) is 6.42 Å². The highest BCUT2D eigenvalue weighted by Crippen LogP contribution is 2.38. The van der Waals surface area contributed by atoms with Crippen molar-refractivity contribution in [2.45, 2.75) is 94.8 Å². The smallest absolute Gasteiger partial charge is 0.369 e. The molecule has 1 saturated carbocycles. The Morgan fingerprint density at radius 2 is 1.68 bits per heavy atom. The first kappa shape index (κ1) is 41.8. The normalized spacial score (nSPS) is 21.9. The lowest BCUT2D eigenvalue weighted by Crippen LogP contribution is -2.44. The topological polar surface area (TPSA) is 136 Å². The van der Waals surface area contributed by atoms with Gasteiger partial charge in [0.1, 0.15) is 27.4 Å². The maximum absolute atomic E-state index is 13.6. The molecule has 12 nitrogen and oxygen atoms in total. The van der Waals surface area contributed by atoms with Crippen molar-refractivity contribution < 1.29 is 27.0 Å². The minimum Gasteiger partial charge on any atom is -0.369 e. The van der Waals surface area contributed by atoms with E-state index in [4.69, 9.17) is 11.6 Å². The van der Waals surface area contributed by atoms with E-state index in [0.29, 0.717) is 53.3 Å². The minimum atomic E-state index is -4.54. The number of nitrogens with one attached hydrogen (secondary N) is 3. The van der Waals surface area contributed by atoms with Crippen LogP contribution >= 0.6 is 11.6 Å². The van der Waals surface area contributed by atoms with Crippen LogP contribution in [0.5, 0.6) is 0 Å². The number of aromatic nitrogens is 3. The van der Waals surface area contributed by atoms with Crippen LogP contribution in [0.2, 0.25) is 5.02 Å². The van der Waals surface area contributed by atoms with Crippen LogP contribution in [0.4, 0.5) is 36.3 Å². The van der Waals surface area contributed by atoms with Crippen LogP contribution in [0.15, 0.2) is 41.6 Å². The van der Waals surface area contributed by atoms with Crippen LogP contribution in [0.1, 0.15) is 87.4 Å². The number of nitrogens with zero attached hydrogens (tertiary/aromatic N) is 6. The SMILES string of the molecule is CN1CCN(c2ccc(C3CCC(=O)NC3=O)c(Cl)c2)CC1.Cc1nc(S(=O)NC2CCCCC2)ccc1Nc1ncc(C(F)(F)F)c(N2CCCC(C)C2)n1. The molecule has 4 aliphatic rings. The largest absolute Gasteiger partial charge is 0.421 e. The van der Waals surface area contributed by atoms with E-state index in [1.54, 1.807) is 24.0 Å². The minimum absolute atomic E-state index is 0.0697. The molecule has 3 unspecified atom stereocenters. The van der Waals surface area contributed by atoms with Gasteiger partial charge in [-0.3, -0.25) is 14.9 Å². The summed E-state index contributed by atoms with van der Waals surface area (Å²) in [6.45, 7) is 8.85. The van der Waals surface area contributed by atoms with Crippen molar-refractivity contribution in [3.63, 3.8) is 0 Å². The Balaban J connectivity index is 0.000000208. The first-order chi connectivity index (χ1) is 26.7. The summed E-state index contributed by atoms with van der Waals surface area (Å²) in [7, 11) is 0.700. The Labute approximate surface area is 334 Å². The standard InChI is InChI=1S/C23H31F3N6OS.C16H20ClN3O2/c1-15-7-6-12-32(14-15)21-18(23(24,25)26)13-27-22(30-21)29-19-10-11-20(28-16(19)2)34(33)31-17-8-4-3-5-9-17;1-19-6-8-20(9-7-19)11-2-3-12(14(17)10-11)13-4-5-15(21)18-16(13)22/h10-11,13,15,17,31H,3-9,12,14H2,1-2H3,(H,27,29,30);2-3,10,13H,4-9H2,1H3,(H,18,21,22). The molecule has 2 amide bonds.